The molecular formula is C15H15NO. The van der Waals surface area contributed by atoms with E-state index >= 15 is 0 Å². The number of aldehydes is 1. The summed E-state index contributed by atoms with van der Waals surface area (Å²) in [6.07, 6.45) is 4.80. The first-order valence-electron chi connectivity index (χ1n) is 5.66. The third-order valence-corrected chi connectivity index (χ3v) is 2.84. The lowest BCUT2D eigenvalue weighted by molar-refractivity contribution is 0.112. The molecule has 0 bridgehead atoms. The Morgan fingerprint density at radius 2 is 2.12 bits per heavy atom. The largest absolute Gasteiger partial charge is 0.348 e. The van der Waals surface area contributed by atoms with Gasteiger partial charge in [0.25, 0.3) is 0 Å². The van der Waals surface area contributed by atoms with Crippen molar-refractivity contribution in [3.63, 3.8) is 0 Å². The fraction of sp³-hybridized carbons (Fsp3) is 0.133. The lowest BCUT2D eigenvalue weighted by Gasteiger charge is -1.99. The molecule has 0 saturated heterocycles. The van der Waals surface area contributed by atoms with Gasteiger partial charge in [-0.25, -0.2) is 0 Å². The summed E-state index contributed by atoms with van der Waals surface area (Å²) in [5.74, 6) is 0. The van der Waals surface area contributed by atoms with Gasteiger partial charge in [0.15, 0.2) is 0 Å². The molecule has 1 aromatic heterocycles. The minimum absolute atomic E-state index is 0.701. The van der Waals surface area contributed by atoms with Gasteiger partial charge >= 0.3 is 0 Å². The fourth-order valence-electron chi connectivity index (χ4n) is 1.92. The second-order valence-corrected chi connectivity index (χ2v) is 3.89. The topological polar surface area (TPSA) is 22.0 Å². The van der Waals surface area contributed by atoms with Gasteiger partial charge in [-0.3, -0.25) is 4.79 Å². The number of aromatic nitrogens is 1. The number of rotatable bonds is 4. The van der Waals surface area contributed by atoms with Gasteiger partial charge in [0.05, 0.1) is 0 Å². The molecule has 0 aliphatic carbocycles. The molecule has 0 amide bonds. The minimum atomic E-state index is 0.701. The smallest absolute Gasteiger partial charge is 0.150 e. The van der Waals surface area contributed by atoms with Gasteiger partial charge in [-0.15, -0.1) is 0 Å². The second-order valence-electron chi connectivity index (χ2n) is 3.89. The highest BCUT2D eigenvalue weighted by molar-refractivity contribution is 5.79. The van der Waals surface area contributed by atoms with Crippen molar-refractivity contribution in [2.24, 2.45) is 0 Å². The molecule has 17 heavy (non-hydrogen) atoms. The molecule has 0 radical (unpaired) electrons. The number of carbonyl (C=O) groups excluding carboxylic acids is 1. The molecule has 86 valence electrons. The van der Waals surface area contributed by atoms with Crippen LogP contribution in [-0.2, 0) is 6.54 Å². The monoisotopic (exact) mass is 225 g/mol. The zero-order chi connectivity index (χ0) is 12.3. The Kier molecular flexibility index (Phi) is 3.24. The maximum Gasteiger partial charge on any atom is 0.150 e. The van der Waals surface area contributed by atoms with E-state index in [0.29, 0.717) is 5.56 Å². The maximum atomic E-state index is 10.8. The van der Waals surface area contributed by atoms with Crippen LogP contribution >= 0.6 is 0 Å². The number of carbonyl (C=O) groups is 1. The van der Waals surface area contributed by atoms with E-state index in [4.69, 9.17) is 0 Å². The summed E-state index contributed by atoms with van der Waals surface area (Å²) in [5.41, 5.74) is 3.97. The Morgan fingerprint density at radius 1 is 1.29 bits per heavy atom. The molecule has 2 rings (SSSR count). The Hall–Kier alpha value is -2.09. The van der Waals surface area contributed by atoms with Crippen molar-refractivity contribution in [1.82, 2.24) is 4.57 Å². The van der Waals surface area contributed by atoms with Crippen molar-refractivity contribution < 1.29 is 4.79 Å². The van der Waals surface area contributed by atoms with Crippen molar-refractivity contribution in [3.05, 3.63) is 54.4 Å². The fourth-order valence-corrected chi connectivity index (χ4v) is 1.92. The first kappa shape index (κ1) is 11.4. The summed E-state index contributed by atoms with van der Waals surface area (Å²) in [6.45, 7) is 6.81. The number of aryl methyl sites for hydroxylation is 1. The standard InChI is InChI=1S/C15H15NO/c1-3-15-9-14(10-16(15)4-2)13-7-5-6-12(8-13)11-17/h3,5-11H,1,4H2,2H3. The number of hydrogen-bond donors (Lipinski definition) is 0. The van der Waals surface area contributed by atoms with Crippen molar-refractivity contribution in [2.45, 2.75) is 13.5 Å². The van der Waals surface area contributed by atoms with Crippen LogP contribution in [0.3, 0.4) is 0 Å². The first-order chi connectivity index (χ1) is 8.28. The molecule has 0 unspecified atom stereocenters. The van der Waals surface area contributed by atoms with Gasteiger partial charge in [0.2, 0.25) is 0 Å². The predicted molar refractivity (Wildman–Crippen MR) is 71.0 cm³/mol. The van der Waals surface area contributed by atoms with E-state index in [1.807, 2.05) is 30.3 Å². The van der Waals surface area contributed by atoms with E-state index in [1.165, 1.54) is 0 Å². The Balaban J connectivity index is 2.48. The van der Waals surface area contributed by atoms with Gasteiger partial charge < -0.3 is 4.57 Å². The van der Waals surface area contributed by atoms with Crippen LogP contribution in [0, 0.1) is 0 Å². The predicted octanol–water partition coefficient (Wildman–Crippen LogP) is 3.63. The molecule has 0 saturated carbocycles. The van der Waals surface area contributed by atoms with Crippen molar-refractivity contribution in [3.8, 4) is 11.1 Å². The summed E-state index contributed by atoms with van der Waals surface area (Å²) in [6, 6.07) is 9.70. The van der Waals surface area contributed by atoms with Gasteiger partial charge in [-0.05, 0) is 36.3 Å². The summed E-state index contributed by atoms with van der Waals surface area (Å²) in [7, 11) is 0. The highest BCUT2D eigenvalue weighted by atomic mass is 16.1. The molecule has 2 heteroatoms. The molecule has 0 spiro atoms. The highest BCUT2D eigenvalue weighted by Gasteiger charge is 2.04. The molecule has 0 aliphatic rings. The Bertz CT molecular complexity index is 552. The molecule has 0 atom stereocenters. The van der Waals surface area contributed by atoms with Gasteiger partial charge in [-0.2, -0.15) is 0 Å². The molecule has 0 aliphatic heterocycles. The van der Waals surface area contributed by atoms with E-state index in [1.54, 1.807) is 0 Å². The third kappa shape index (κ3) is 2.21. The highest BCUT2D eigenvalue weighted by Crippen LogP contribution is 2.23. The molecule has 0 fully saturated rings. The van der Waals surface area contributed by atoms with E-state index in [-0.39, 0.29) is 0 Å². The van der Waals surface area contributed by atoms with E-state index in [0.717, 1.165) is 29.7 Å². The number of nitrogens with zero attached hydrogens (tertiary/aromatic N) is 1. The first-order valence-corrected chi connectivity index (χ1v) is 5.66. The van der Waals surface area contributed by atoms with Crippen LogP contribution in [0.2, 0.25) is 0 Å². The maximum absolute atomic E-state index is 10.8. The molecule has 1 heterocycles. The quantitative estimate of drug-likeness (QED) is 0.728. The summed E-state index contributed by atoms with van der Waals surface area (Å²) in [4.78, 5) is 10.8. The zero-order valence-electron chi connectivity index (χ0n) is 9.89. The Labute approximate surface area is 101 Å². The van der Waals surface area contributed by atoms with Crippen LogP contribution in [0.15, 0.2) is 43.1 Å². The van der Waals surface area contributed by atoms with Crippen LogP contribution in [0.4, 0.5) is 0 Å². The van der Waals surface area contributed by atoms with Crippen LogP contribution < -0.4 is 0 Å². The van der Waals surface area contributed by atoms with Gasteiger partial charge in [-0.1, -0.05) is 24.8 Å². The molecular weight excluding hydrogens is 210 g/mol. The van der Waals surface area contributed by atoms with Crippen molar-refractivity contribution in [1.29, 1.82) is 0 Å². The molecule has 1 aromatic carbocycles. The molecule has 0 N–H and O–H groups in total. The molecule has 2 nitrogen and oxygen atoms in total. The van der Waals surface area contributed by atoms with Crippen LogP contribution in [0.1, 0.15) is 23.0 Å². The lowest BCUT2D eigenvalue weighted by atomic mass is 10.1. The Morgan fingerprint density at radius 3 is 2.71 bits per heavy atom. The minimum Gasteiger partial charge on any atom is -0.348 e. The van der Waals surface area contributed by atoms with Gasteiger partial charge in [0, 0.05) is 24.0 Å². The lowest BCUT2D eigenvalue weighted by Crippen LogP contribution is -1.92. The van der Waals surface area contributed by atoms with E-state index < -0.39 is 0 Å². The van der Waals surface area contributed by atoms with Crippen LogP contribution in [0.5, 0.6) is 0 Å². The average Bonchev–Trinajstić information content (AvgIpc) is 2.82. The zero-order valence-corrected chi connectivity index (χ0v) is 9.89. The van der Waals surface area contributed by atoms with Crippen molar-refractivity contribution >= 4 is 12.4 Å². The molecule has 2 aromatic rings. The van der Waals surface area contributed by atoms with Crippen LogP contribution in [0.25, 0.3) is 17.2 Å². The normalized spacial score (nSPS) is 10.2. The summed E-state index contributed by atoms with van der Waals surface area (Å²) in [5, 5.41) is 0. The van der Waals surface area contributed by atoms with E-state index in [2.05, 4.69) is 30.3 Å². The average molecular weight is 225 g/mol. The van der Waals surface area contributed by atoms with Crippen molar-refractivity contribution in [2.75, 3.05) is 0 Å². The van der Waals surface area contributed by atoms with Crippen LogP contribution in [-0.4, -0.2) is 10.9 Å². The summed E-state index contributed by atoms with van der Waals surface area (Å²) < 4.78 is 2.13. The number of benzene rings is 1. The SMILES string of the molecule is C=Cc1cc(-c2cccc(C=O)c2)cn1CC. The summed E-state index contributed by atoms with van der Waals surface area (Å²) >= 11 is 0. The van der Waals surface area contributed by atoms with E-state index in [9.17, 15) is 4.79 Å². The third-order valence-electron chi connectivity index (χ3n) is 2.84. The second kappa shape index (κ2) is 4.83. The number of hydrogen-bond acceptors (Lipinski definition) is 1. The van der Waals surface area contributed by atoms with Gasteiger partial charge in [0.1, 0.15) is 6.29 Å².